The Morgan fingerprint density at radius 3 is 2.95 bits per heavy atom. The molecule has 0 saturated carbocycles. The van der Waals surface area contributed by atoms with E-state index < -0.39 is 12.1 Å². The molecular formula is C14H24N4O4. The van der Waals surface area contributed by atoms with Gasteiger partial charge in [0.15, 0.2) is 5.82 Å². The second-order valence-electron chi connectivity index (χ2n) is 5.85. The summed E-state index contributed by atoms with van der Waals surface area (Å²) in [5.41, 5.74) is 0. The van der Waals surface area contributed by atoms with Crippen molar-refractivity contribution in [1.29, 1.82) is 0 Å². The van der Waals surface area contributed by atoms with Gasteiger partial charge in [0, 0.05) is 25.6 Å². The van der Waals surface area contributed by atoms with Crippen LogP contribution in [0.25, 0.3) is 0 Å². The van der Waals surface area contributed by atoms with E-state index in [1.807, 2.05) is 4.90 Å². The number of β-amino-alcohol motifs (C(OH)–C–C–N with tert-alkyl or cyclic N) is 1. The number of unbranched alkanes of at least 4 members (excludes halogenated alkanes) is 1. The van der Waals surface area contributed by atoms with E-state index in [0.717, 1.165) is 19.3 Å². The number of nitrogens with zero attached hydrogens (tertiary/aromatic N) is 4. The van der Waals surface area contributed by atoms with Gasteiger partial charge in [0.05, 0.1) is 19.2 Å². The summed E-state index contributed by atoms with van der Waals surface area (Å²) in [6, 6.07) is -0.192. The number of carboxylic acid groups (broad SMARTS) is 1. The zero-order valence-corrected chi connectivity index (χ0v) is 13.1. The van der Waals surface area contributed by atoms with E-state index in [2.05, 4.69) is 17.1 Å². The molecule has 0 amide bonds. The molecule has 0 aliphatic carbocycles. The fourth-order valence-corrected chi connectivity index (χ4v) is 2.72. The monoisotopic (exact) mass is 312 g/mol. The zero-order valence-electron chi connectivity index (χ0n) is 13.1. The third-order valence-electron chi connectivity index (χ3n) is 3.90. The van der Waals surface area contributed by atoms with Crippen LogP contribution in [0.1, 0.15) is 31.5 Å². The maximum atomic E-state index is 10.8. The lowest BCUT2D eigenvalue weighted by Crippen LogP contribution is -2.43. The Kier molecular flexibility index (Phi) is 5.87. The van der Waals surface area contributed by atoms with Gasteiger partial charge in [0.1, 0.15) is 0 Å². The van der Waals surface area contributed by atoms with Gasteiger partial charge in [0.2, 0.25) is 5.89 Å². The number of likely N-dealkylation sites (tertiary alicyclic amines) is 1. The minimum absolute atomic E-state index is 0.0844. The number of rotatable bonds is 8. The summed E-state index contributed by atoms with van der Waals surface area (Å²) in [6.07, 6.45) is 2.31. The standard InChI is InChI=1S/C14H24N4O4/c1-3-4-5-13-15-12(16-22-13)8-18-6-10(11(19)7-18)17(2)9-14(20)21/h10-11,19H,3-9H2,1-2H3,(H,20,21)/t10-,11+/m0/s1. The highest BCUT2D eigenvalue weighted by Gasteiger charge is 2.35. The summed E-state index contributed by atoms with van der Waals surface area (Å²) in [6.45, 7) is 3.59. The normalized spacial score (nSPS) is 22.5. The molecule has 1 aliphatic rings. The van der Waals surface area contributed by atoms with Gasteiger partial charge >= 0.3 is 5.97 Å². The van der Waals surface area contributed by atoms with Gasteiger partial charge in [-0.05, 0) is 13.5 Å². The summed E-state index contributed by atoms with van der Waals surface area (Å²) in [5, 5.41) is 22.9. The van der Waals surface area contributed by atoms with Crippen molar-refractivity contribution in [2.75, 3.05) is 26.7 Å². The molecule has 1 aromatic rings. The Labute approximate surface area is 129 Å². The molecule has 0 unspecified atom stereocenters. The number of hydrogen-bond donors (Lipinski definition) is 2. The maximum absolute atomic E-state index is 10.8. The van der Waals surface area contributed by atoms with Gasteiger partial charge in [-0.25, -0.2) is 0 Å². The minimum atomic E-state index is -0.896. The number of carbonyl (C=O) groups is 1. The average Bonchev–Trinajstić information content (AvgIpc) is 3.03. The quantitative estimate of drug-likeness (QED) is 0.690. The molecule has 2 rings (SSSR count). The first-order chi connectivity index (χ1) is 10.5. The molecule has 8 heteroatoms. The van der Waals surface area contributed by atoms with E-state index in [1.165, 1.54) is 0 Å². The van der Waals surface area contributed by atoms with Crippen LogP contribution >= 0.6 is 0 Å². The molecule has 22 heavy (non-hydrogen) atoms. The number of hydrogen-bond acceptors (Lipinski definition) is 7. The maximum Gasteiger partial charge on any atom is 0.317 e. The Morgan fingerprint density at radius 1 is 1.50 bits per heavy atom. The molecule has 0 bridgehead atoms. The fourth-order valence-electron chi connectivity index (χ4n) is 2.72. The van der Waals surface area contributed by atoms with Crippen LogP contribution in [0.15, 0.2) is 4.52 Å². The molecule has 0 radical (unpaired) electrons. The SMILES string of the molecule is CCCCc1nc(CN2C[C@@H](O)[C@@H](N(C)CC(=O)O)C2)no1. The summed E-state index contributed by atoms with van der Waals surface area (Å²) in [4.78, 5) is 18.8. The van der Waals surface area contributed by atoms with Gasteiger partial charge in [-0.3, -0.25) is 14.6 Å². The summed E-state index contributed by atoms with van der Waals surface area (Å²) >= 11 is 0. The van der Waals surface area contributed by atoms with Crippen LogP contribution in [0.2, 0.25) is 0 Å². The number of carboxylic acids is 1. The first-order valence-electron chi connectivity index (χ1n) is 7.63. The molecule has 0 aromatic carbocycles. The van der Waals surface area contributed by atoms with Gasteiger partial charge in [-0.2, -0.15) is 4.98 Å². The molecule has 124 valence electrons. The van der Waals surface area contributed by atoms with Crippen molar-refractivity contribution < 1.29 is 19.5 Å². The molecule has 1 aliphatic heterocycles. The van der Waals surface area contributed by atoms with E-state index in [0.29, 0.717) is 31.3 Å². The second-order valence-corrected chi connectivity index (χ2v) is 5.85. The second kappa shape index (κ2) is 7.66. The van der Waals surface area contributed by atoms with Crippen molar-refractivity contribution in [3.8, 4) is 0 Å². The highest BCUT2D eigenvalue weighted by molar-refractivity contribution is 5.69. The smallest absolute Gasteiger partial charge is 0.317 e. The van der Waals surface area contributed by atoms with Crippen molar-refractivity contribution in [1.82, 2.24) is 19.9 Å². The molecule has 1 saturated heterocycles. The first-order valence-corrected chi connectivity index (χ1v) is 7.63. The Bertz CT molecular complexity index is 493. The highest BCUT2D eigenvalue weighted by atomic mass is 16.5. The fraction of sp³-hybridized carbons (Fsp3) is 0.786. The number of aliphatic hydroxyl groups is 1. The van der Waals surface area contributed by atoms with Crippen LogP contribution in [-0.4, -0.2) is 75.0 Å². The van der Waals surface area contributed by atoms with Crippen molar-refractivity contribution in [2.24, 2.45) is 0 Å². The van der Waals surface area contributed by atoms with E-state index >= 15 is 0 Å². The minimum Gasteiger partial charge on any atom is -0.480 e. The Balaban J connectivity index is 1.86. The van der Waals surface area contributed by atoms with Crippen LogP contribution in [0.5, 0.6) is 0 Å². The summed E-state index contributed by atoms with van der Waals surface area (Å²) in [5.74, 6) is 0.364. The first kappa shape index (κ1) is 16.9. The molecule has 2 atom stereocenters. The Hall–Kier alpha value is -1.51. The summed E-state index contributed by atoms with van der Waals surface area (Å²) < 4.78 is 5.19. The topological polar surface area (TPSA) is 103 Å². The van der Waals surface area contributed by atoms with Crippen LogP contribution in [0.3, 0.4) is 0 Å². The van der Waals surface area contributed by atoms with Gasteiger partial charge in [-0.15, -0.1) is 0 Å². The van der Waals surface area contributed by atoms with Gasteiger partial charge in [-0.1, -0.05) is 18.5 Å². The van der Waals surface area contributed by atoms with Crippen molar-refractivity contribution in [3.05, 3.63) is 11.7 Å². The lowest BCUT2D eigenvalue weighted by Gasteiger charge is -2.24. The van der Waals surface area contributed by atoms with Crippen LogP contribution in [0, 0.1) is 0 Å². The number of aliphatic hydroxyl groups excluding tert-OH is 1. The van der Waals surface area contributed by atoms with Crippen molar-refractivity contribution >= 4 is 5.97 Å². The lowest BCUT2D eigenvalue weighted by molar-refractivity contribution is -0.138. The van der Waals surface area contributed by atoms with Crippen molar-refractivity contribution in [2.45, 2.75) is 44.9 Å². The predicted octanol–water partition coefficient (Wildman–Crippen LogP) is -0.0263. The third-order valence-corrected chi connectivity index (χ3v) is 3.90. The average molecular weight is 312 g/mol. The highest BCUT2D eigenvalue weighted by Crippen LogP contribution is 2.17. The molecule has 1 fully saturated rings. The predicted molar refractivity (Wildman–Crippen MR) is 78.2 cm³/mol. The lowest BCUT2D eigenvalue weighted by atomic mass is 10.2. The molecule has 2 heterocycles. The third kappa shape index (κ3) is 4.49. The van der Waals surface area contributed by atoms with Gasteiger partial charge in [0.25, 0.3) is 0 Å². The van der Waals surface area contributed by atoms with Crippen LogP contribution < -0.4 is 0 Å². The number of likely N-dealkylation sites (N-methyl/N-ethyl adjacent to an activating group) is 1. The van der Waals surface area contributed by atoms with Crippen LogP contribution in [-0.2, 0) is 17.8 Å². The van der Waals surface area contributed by atoms with Crippen LogP contribution in [0.4, 0.5) is 0 Å². The van der Waals surface area contributed by atoms with E-state index in [4.69, 9.17) is 9.63 Å². The molecule has 8 nitrogen and oxygen atoms in total. The van der Waals surface area contributed by atoms with E-state index in [9.17, 15) is 9.90 Å². The molecule has 2 N–H and O–H groups in total. The molecule has 1 aromatic heterocycles. The summed E-state index contributed by atoms with van der Waals surface area (Å²) in [7, 11) is 1.71. The largest absolute Gasteiger partial charge is 0.480 e. The number of aromatic nitrogens is 2. The van der Waals surface area contributed by atoms with E-state index in [-0.39, 0.29) is 12.6 Å². The van der Waals surface area contributed by atoms with E-state index in [1.54, 1.807) is 11.9 Å². The van der Waals surface area contributed by atoms with Gasteiger partial charge < -0.3 is 14.7 Å². The van der Waals surface area contributed by atoms with Crippen molar-refractivity contribution in [3.63, 3.8) is 0 Å². The number of aryl methyl sites for hydroxylation is 1. The number of aliphatic carboxylic acids is 1. The zero-order chi connectivity index (χ0) is 16.1. The molecular weight excluding hydrogens is 288 g/mol. The Morgan fingerprint density at radius 2 is 2.27 bits per heavy atom. The molecule has 0 spiro atoms.